The summed E-state index contributed by atoms with van der Waals surface area (Å²) in [6.07, 6.45) is 2.10. The third-order valence-corrected chi connectivity index (χ3v) is 5.37. The molecule has 0 aromatic carbocycles. The number of hydrogen-bond donors (Lipinski definition) is 2. The first-order chi connectivity index (χ1) is 9.22. The number of nitrogens with zero attached hydrogens (tertiary/aromatic N) is 2. The molecule has 3 N–H and O–H groups in total. The highest BCUT2D eigenvalue weighted by Gasteiger charge is 2.40. The Kier molecular flexibility index (Phi) is 4.38. The molecule has 7 nitrogen and oxygen atoms in total. The molecule has 0 bridgehead atoms. The van der Waals surface area contributed by atoms with Gasteiger partial charge in [0.15, 0.2) is 0 Å². The number of carbonyl (C=O) groups excluding carboxylic acids is 1. The van der Waals surface area contributed by atoms with Gasteiger partial charge in [-0.05, 0) is 24.8 Å². The molecule has 2 saturated heterocycles. The molecular formula is C12H24N4O3S. The predicted octanol–water partition coefficient (Wildman–Crippen LogP) is -0.888. The van der Waals surface area contributed by atoms with Crippen LogP contribution in [0, 0.1) is 5.41 Å². The molecule has 20 heavy (non-hydrogen) atoms. The van der Waals surface area contributed by atoms with Gasteiger partial charge in [0.05, 0.1) is 6.04 Å². The maximum atomic E-state index is 12.6. The van der Waals surface area contributed by atoms with E-state index < -0.39 is 10.2 Å². The number of carbonyl (C=O) groups is 1. The number of piperazine rings is 1. The molecule has 0 aliphatic carbocycles. The van der Waals surface area contributed by atoms with Crippen LogP contribution in [0.1, 0.15) is 26.7 Å². The van der Waals surface area contributed by atoms with Crippen LogP contribution in [-0.4, -0.2) is 62.3 Å². The fourth-order valence-corrected chi connectivity index (χ4v) is 3.65. The lowest BCUT2D eigenvalue weighted by molar-refractivity contribution is -0.138. The van der Waals surface area contributed by atoms with Gasteiger partial charge in [0.25, 0.3) is 10.2 Å². The second kappa shape index (κ2) is 5.59. The lowest BCUT2D eigenvalue weighted by Gasteiger charge is -2.42. The van der Waals surface area contributed by atoms with Gasteiger partial charge in [0.2, 0.25) is 5.91 Å². The minimum atomic E-state index is -3.64. The standard InChI is InChI=1S/C12H24N4O3S/c1-12(2)4-3-5-14-10(12)11(17)15-6-8-16(9-7-15)20(13,18)19/h10,14H,3-9H2,1-2H3,(H2,13,18,19). The van der Waals surface area contributed by atoms with E-state index >= 15 is 0 Å². The van der Waals surface area contributed by atoms with E-state index in [9.17, 15) is 13.2 Å². The van der Waals surface area contributed by atoms with E-state index in [0.29, 0.717) is 13.1 Å². The fourth-order valence-electron chi connectivity index (χ4n) is 2.98. The number of nitrogens with one attached hydrogen (secondary N) is 1. The maximum absolute atomic E-state index is 12.6. The quantitative estimate of drug-likeness (QED) is 0.692. The van der Waals surface area contributed by atoms with Gasteiger partial charge < -0.3 is 10.2 Å². The second-order valence-corrected chi connectivity index (χ2v) is 7.79. The van der Waals surface area contributed by atoms with Crippen molar-refractivity contribution in [2.24, 2.45) is 10.6 Å². The van der Waals surface area contributed by atoms with Crippen LogP contribution in [0.2, 0.25) is 0 Å². The number of piperidine rings is 1. The summed E-state index contributed by atoms with van der Waals surface area (Å²) in [5.41, 5.74) is -0.0631. The van der Waals surface area contributed by atoms with Gasteiger partial charge in [-0.2, -0.15) is 12.7 Å². The van der Waals surface area contributed by atoms with E-state index in [1.54, 1.807) is 4.90 Å². The van der Waals surface area contributed by atoms with Gasteiger partial charge in [-0.3, -0.25) is 4.79 Å². The molecule has 116 valence electrons. The van der Waals surface area contributed by atoms with Crippen LogP contribution < -0.4 is 10.5 Å². The van der Waals surface area contributed by atoms with Crippen LogP contribution in [0.15, 0.2) is 0 Å². The topological polar surface area (TPSA) is 95.7 Å². The highest BCUT2D eigenvalue weighted by atomic mass is 32.2. The summed E-state index contributed by atoms with van der Waals surface area (Å²) < 4.78 is 23.7. The summed E-state index contributed by atoms with van der Waals surface area (Å²) in [7, 11) is -3.64. The minimum Gasteiger partial charge on any atom is -0.339 e. The van der Waals surface area contributed by atoms with Crippen molar-refractivity contribution in [3.05, 3.63) is 0 Å². The Morgan fingerprint density at radius 1 is 1.25 bits per heavy atom. The van der Waals surface area contributed by atoms with Crippen LogP contribution in [0.4, 0.5) is 0 Å². The summed E-state index contributed by atoms with van der Waals surface area (Å²) in [6, 6.07) is -0.183. The van der Waals surface area contributed by atoms with Crippen LogP contribution in [0.5, 0.6) is 0 Å². The molecule has 0 radical (unpaired) electrons. The molecule has 2 heterocycles. The molecule has 0 saturated carbocycles. The van der Waals surface area contributed by atoms with E-state index in [1.807, 2.05) is 0 Å². The number of nitrogens with two attached hydrogens (primary N) is 1. The largest absolute Gasteiger partial charge is 0.339 e. The summed E-state index contributed by atoms with van der Waals surface area (Å²) in [4.78, 5) is 14.3. The highest BCUT2D eigenvalue weighted by molar-refractivity contribution is 7.86. The zero-order valence-corrected chi connectivity index (χ0v) is 12.9. The van der Waals surface area contributed by atoms with E-state index in [2.05, 4.69) is 19.2 Å². The molecular weight excluding hydrogens is 280 g/mol. The second-order valence-electron chi connectivity index (χ2n) is 6.25. The first-order valence-electron chi connectivity index (χ1n) is 7.02. The summed E-state index contributed by atoms with van der Waals surface area (Å²) in [6.45, 7) is 6.42. The van der Waals surface area contributed by atoms with Crippen LogP contribution >= 0.6 is 0 Å². The molecule has 1 atom stereocenters. The summed E-state index contributed by atoms with van der Waals surface area (Å²) in [5, 5.41) is 8.40. The molecule has 2 rings (SSSR count). The third-order valence-electron chi connectivity index (χ3n) is 4.28. The van der Waals surface area contributed by atoms with Gasteiger partial charge in [0, 0.05) is 26.2 Å². The Balaban J connectivity index is 1.98. The number of amides is 1. The van der Waals surface area contributed by atoms with Crippen molar-refractivity contribution in [2.75, 3.05) is 32.7 Å². The van der Waals surface area contributed by atoms with Gasteiger partial charge in [-0.25, -0.2) is 5.14 Å². The lowest BCUT2D eigenvalue weighted by Crippen LogP contribution is -2.60. The smallest absolute Gasteiger partial charge is 0.277 e. The summed E-state index contributed by atoms with van der Waals surface area (Å²) >= 11 is 0. The zero-order chi connectivity index (χ0) is 15.0. The van der Waals surface area contributed by atoms with Crippen molar-refractivity contribution >= 4 is 16.1 Å². The van der Waals surface area contributed by atoms with Crippen molar-refractivity contribution in [3.63, 3.8) is 0 Å². The van der Waals surface area contributed by atoms with Crippen LogP contribution in [0.25, 0.3) is 0 Å². The molecule has 8 heteroatoms. The third kappa shape index (κ3) is 3.30. The zero-order valence-electron chi connectivity index (χ0n) is 12.1. The Morgan fingerprint density at radius 2 is 1.85 bits per heavy atom. The monoisotopic (exact) mass is 304 g/mol. The Hall–Kier alpha value is -0.700. The first-order valence-corrected chi connectivity index (χ1v) is 8.52. The molecule has 0 aromatic rings. The lowest BCUT2D eigenvalue weighted by atomic mass is 9.77. The number of rotatable bonds is 2. The molecule has 2 fully saturated rings. The van der Waals surface area contributed by atoms with Crippen molar-refractivity contribution in [1.29, 1.82) is 0 Å². The molecule has 0 spiro atoms. The van der Waals surface area contributed by atoms with Crippen molar-refractivity contribution in [1.82, 2.24) is 14.5 Å². The average molecular weight is 304 g/mol. The van der Waals surface area contributed by atoms with Gasteiger partial charge in [-0.1, -0.05) is 13.8 Å². The van der Waals surface area contributed by atoms with Crippen LogP contribution in [-0.2, 0) is 15.0 Å². The van der Waals surface area contributed by atoms with Gasteiger partial charge in [-0.15, -0.1) is 0 Å². The highest BCUT2D eigenvalue weighted by Crippen LogP contribution is 2.31. The average Bonchev–Trinajstić information content (AvgIpc) is 2.36. The van der Waals surface area contributed by atoms with Crippen molar-refractivity contribution in [2.45, 2.75) is 32.7 Å². The van der Waals surface area contributed by atoms with Crippen LogP contribution in [0.3, 0.4) is 0 Å². The summed E-state index contributed by atoms with van der Waals surface area (Å²) in [5.74, 6) is 0.0729. The molecule has 1 unspecified atom stereocenters. The van der Waals surface area contributed by atoms with E-state index in [-0.39, 0.29) is 30.5 Å². The first kappa shape index (κ1) is 15.7. The van der Waals surface area contributed by atoms with Gasteiger partial charge in [0.1, 0.15) is 0 Å². The Labute approximate surface area is 120 Å². The van der Waals surface area contributed by atoms with Crippen molar-refractivity contribution in [3.8, 4) is 0 Å². The predicted molar refractivity (Wildman–Crippen MR) is 76.1 cm³/mol. The molecule has 2 aliphatic heterocycles. The molecule has 2 aliphatic rings. The normalized spacial score (nSPS) is 28.4. The Morgan fingerprint density at radius 3 is 2.35 bits per heavy atom. The minimum absolute atomic E-state index is 0.0631. The number of hydrogen-bond acceptors (Lipinski definition) is 4. The van der Waals surface area contributed by atoms with Gasteiger partial charge >= 0.3 is 0 Å². The van der Waals surface area contributed by atoms with E-state index in [1.165, 1.54) is 4.31 Å². The maximum Gasteiger partial charge on any atom is 0.277 e. The fraction of sp³-hybridized carbons (Fsp3) is 0.917. The SMILES string of the molecule is CC1(C)CCCNC1C(=O)N1CCN(S(N)(=O)=O)CC1. The van der Waals surface area contributed by atoms with E-state index in [4.69, 9.17) is 5.14 Å². The molecule has 0 aromatic heterocycles. The van der Waals surface area contributed by atoms with E-state index in [0.717, 1.165) is 19.4 Å². The van der Waals surface area contributed by atoms with Crippen molar-refractivity contribution < 1.29 is 13.2 Å². The molecule has 1 amide bonds. The Bertz CT molecular complexity index is 469.